The van der Waals surface area contributed by atoms with Crippen LogP contribution in [0.15, 0.2) is 12.1 Å². The Morgan fingerprint density at radius 3 is 1.00 bits per heavy atom. The Labute approximate surface area is 116 Å². The van der Waals surface area contributed by atoms with Gasteiger partial charge in [-0.25, -0.2) is 35.1 Å². The maximum absolute atomic E-state index is 14.2. The van der Waals surface area contributed by atoms with Crippen molar-refractivity contribution in [1.29, 1.82) is 0 Å². The molecule has 0 aliphatic rings. The summed E-state index contributed by atoms with van der Waals surface area (Å²) in [6, 6.07) is -0.168. The van der Waals surface area contributed by atoms with E-state index in [2.05, 4.69) is 0 Å². The Morgan fingerprint density at radius 1 is 0.364 bits per heavy atom. The van der Waals surface area contributed by atoms with E-state index in [9.17, 15) is 35.1 Å². The van der Waals surface area contributed by atoms with Gasteiger partial charge in [0.2, 0.25) is 0 Å². The Balaban J connectivity index is 2.78. The molecule has 0 nitrogen and oxygen atoms in total. The number of hydrogen-bond donors (Lipinski definition) is 0. The second kappa shape index (κ2) is 4.56. The third kappa shape index (κ3) is 1.69. The fraction of sp³-hybridized carbons (Fsp3) is 0. The first-order valence-electron chi connectivity index (χ1n) is 5.67. The molecule has 0 heterocycles. The van der Waals surface area contributed by atoms with Crippen molar-refractivity contribution in [3.05, 3.63) is 58.7 Å². The van der Waals surface area contributed by atoms with Crippen LogP contribution in [0.2, 0.25) is 0 Å². The summed E-state index contributed by atoms with van der Waals surface area (Å²) < 4.78 is 109. The van der Waals surface area contributed by atoms with Crippen molar-refractivity contribution < 1.29 is 35.1 Å². The van der Waals surface area contributed by atoms with E-state index in [0.29, 0.717) is 0 Å². The predicted octanol–water partition coefficient (Wildman–Crippen LogP) is 5.11. The van der Waals surface area contributed by atoms with Crippen LogP contribution in [0.1, 0.15) is 0 Å². The van der Waals surface area contributed by atoms with Crippen molar-refractivity contribution in [1.82, 2.24) is 0 Å². The molecular formula is C14H2F8. The van der Waals surface area contributed by atoms with E-state index >= 15 is 0 Å². The minimum Gasteiger partial charge on any atom is -0.206 e. The van der Waals surface area contributed by atoms with Crippen molar-refractivity contribution in [2.24, 2.45) is 0 Å². The van der Waals surface area contributed by atoms with Gasteiger partial charge in [-0.2, -0.15) is 0 Å². The number of hydrogen-bond acceptors (Lipinski definition) is 0. The first-order chi connectivity index (χ1) is 10.3. The van der Waals surface area contributed by atoms with Crippen LogP contribution in [0.5, 0.6) is 0 Å². The standard InChI is InChI=1S/C14H2F8/c15-3-1-5(17)11(19)9-7(3)13(21)10-8(14(9)22)4(16)2-6(18)12(10)20/h1-2H. The monoisotopic (exact) mass is 322 g/mol. The first kappa shape index (κ1) is 14.6. The molecule has 3 aromatic rings. The van der Waals surface area contributed by atoms with Crippen LogP contribution in [0.4, 0.5) is 35.1 Å². The molecule has 0 unspecified atom stereocenters. The molecule has 3 aromatic carbocycles. The Hall–Kier alpha value is -2.38. The molecule has 0 spiro atoms. The molecule has 0 saturated carbocycles. The maximum atomic E-state index is 14.2. The second-order valence-electron chi connectivity index (χ2n) is 4.44. The van der Waals surface area contributed by atoms with Crippen LogP contribution in [0, 0.1) is 46.5 Å². The molecule has 0 bridgehead atoms. The van der Waals surface area contributed by atoms with E-state index in [4.69, 9.17) is 0 Å². The van der Waals surface area contributed by atoms with Gasteiger partial charge in [-0.3, -0.25) is 0 Å². The van der Waals surface area contributed by atoms with Gasteiger partial charge in [0.05, 0.1) is 21.5 Å². The average Bonchev–Trinajstić information content (AvgIpc) is 2.44. The van der Waals surface area contributed by atoms with Crippen molar-refractivity contribution in [2.75, 3.05) is 0 Å². The third-order valence-corrected chi connectivity index (χ3v) is 3.22. The summed E-state index contributed by atoms with van der Waals surface area (Å²) >= 11 is 0. The van der Waals surface area contributed by atoms with Gasteiger partial charge in [0.1, 0.15) is 23.3 Å². The van der Waals surface area contributed by atoms with E-state index in [1.165, 1.54) is 0 Å². The lowest BCUT2D eigenvalue weighted by atomic mass is 9.99. The van der Waals surface area contributed by atoms with Crippen LogP contribution in [0.3, 0.4) is 0 Å². The molecule has 0 fully saturated rings. The van der Waals surface area contributed by atoms with Crippen LogP contribution < -0.4 is 0 Å². The number of halogens is 8. The third-order valence-electron chi connectivity index (χ3n) is 3.22. The molecule has 0 N–H and O–H groups in total. The summed E-state index contributed by atoms with van der Waals surface area (Å²) in [5.41, 5.74) is 0. The molecule has 0 aromatic heterocycles. The van der Waals surface area contributed by atoms with Crippen LogP contribution in [-0.4, -0.2) is 0 Å². The average molecular weight is 322 g/mol. The van der Waals surface area contributed by atoms with Gasteiger partial charge in [0, 0.05) is 12.1 Å². The van der Waals surface area contributed by atoms with Gasteiger partial charge in [-0.05, 0) is 0 Å². The minimum atomic E-state index is -1.97. The number of benzene rings is 3. The van der Waals surface area contributed by atoms with Crippen molar-refractivity contribution in [3.8, 4) is 0 Å². The molecule has 0 aliphatic heterocycles. The highest BCUT2D eigenvalue weighted by atomic mass is 19.2. The molecule has 0 aliphatic carbocycles. The smallest absolute Gasteiger partial charge is 0.169 e. The highest BCUT2D eigenvalue weighted by Crippen LogP contribution is 2.37. The van der Waals surface area contributed by atoms with Gasteiger partial charge in [-0.1, -0.05) is 0 Å². The zero-order valence-electron chi connectivity index (χ0n) is 10.2. The molecule has 114 valence electrons. The second-order valence-corrected chi connectivity index (χ2v) is 4.44. The van der Waals surface area contributed by atoms with E-state index in [0.717, 1.165) is 0 Å². The number of rotatable bonds is 0. The normalized spacial score (nSPS) is 11.6. The molecule has 3 rings (SSSR count). The summed E-state index contributed by atoms with van der Waals surface area (Å²) in [6.45, 7) is 0. The molecule has 0 radical (unpaired) electrons. The summed E-state index contributed by atoms with van der Waals surface area (Å²) in [7, 11) is 0. The summed E-state index contributed by atoms with van der Waals surface area (Å²) in [5, 5.41) is -5.92. The van der Waals surface area contributed by atoms with Crippen LogP contribution >= 0.6 is 0 Å². The first-order valence-corrected chi connectivity index (χ1v) is 5.67. The lowest BCUT2D eigenvalue weighted by molar-refractivity contribution is 0.491. The van der Waals surface area contributed by atoms with Gasteiger partial charge in [0.25, 0.3) is 0 Å². The topological polar surface area (TPSA) is 0 Å². The lowest BCUT2D eigenvalue weighted by Crippen LogP contribution is -2.02. The Kier molecular flexibility index (Phi) is 3.01. The minimum absolute atomic E-state index is 0.0838. The van der Waals surface area contributed by atoms with Gasteiger partial charge >= 0.3 is 0 Å². The predicted molar refractivity (Wildman–Crippen MR) is 61.1 cm³/mol. The molecule has 0 atom stereocenters. The van der Waals surface area contributed by atoms with Gasteiger partial charge in [0.15, 0.2) is 23.3 Å². The van der Waals surface area contributed by atoms with E-state index < -0.39 is 68.1 Å². The van der Waals surface area contributed by atoms with Crippen molar-refractivity contribution >= 4 is 21.5 Å². The van der Waals surface area contributed by atoms with Crippen molar-refractivity contribution in [3.63, 3.8) is 0 Å². The fourth-order valence-electron chi connectivity index (χ4n) is 2.28. The Morgan fingerprint density at radius 2 is 0.682 bits per heavy atom. The van der Waals surface area contributed by atoms with Gasteiger partial charge < -0.3 is 0 Å². The molecule has 22 heavy (non-hydrogen) atoms. The molecule has 0 saturated heterocycles. The lowest BCUT2D eigenvalue weighted by Gasteiger charge is -2.11. The maximum Gasteiger partial charge on any atom is 0.169 e. The van der Waals surface area contributed by atoms with E-state index in [-0.39, 0.29) is 12.1 Å². The fourth-order valence-corrected chi connectivity index (χ4v) is 2.28. The SMILES string of the molecule is Fc1cc(F)c2c(F)c3c(F)c(F)cc(F)c3c(F)c2c1F. The van der Waals surface area contributed by atoms with Crippen molar-refractivity contribution in [2.45, 2.75) is 0 Å². The summed E-state index contributed by atoms with van der Waals surface area (Å²) in [6.07, 6.45) is 0. The molecule has 0 amide bonds. The summed E-state index contributed by atoms with van der Waals surface area (Å²) in [5.74, 6) is -15.0. The summed E-state index contributed by atoms with van der Waals surface area (Å²) in [4.78, 5) is 0. The Bertz CT molecular complexity index is 882. The zero-order chi connectivity index (χ0) is 16.3. The molecule has 8 heteroatoms. The number of fused-ring (bicyclic) bond motifs is 2. The largest absolute Gasteiger partial charge is 0.206 e. The zero-order valence-corrected chi connectivity index (χ0v) is 10.2. The highest BCUT2D eigenvalue weighted by Gasteiger charge is 2.28. The van der Waals surface area contributed by atoms with Crippen LogP contribution in [-0.2, 0) is 0 Å². The van der Waals surface area contributed by atoms with E-state index in [1.54, 1.807) is 0 Å². The van der Waals surface area contributed by atoms with E-state index in [1.807, 2.05) is 0 Å². The van der Waals surface area contributed by atoms with Gasteiger partial charge in [-0.15, -0.1) is 0 Å². The highest BCUT2D eigenvalue weighted by molar-refractivity contribution is 6.01. The quantitative estimate of drug-likeness (QED) is 0.307. The molecular weight excluding hydrogens is 320 g/mol. The van der Waals surface area contributed by atoms with Crippen LogP contribution in [0.25, 0.3) is 21.5 Å².